The van der Waals surface area contributed by atoms with Gasteiger partial charge in [-0.2, -0.15) is 4.80 Å². The first-order valence-electron chi connectivity index (χ1n) is 8.99. The number of anilines is 1. The fraction of sp³-hybridized carbons (Fsp3) is 0.300. The highest BCUT2D eigenvalue weighted by Gasteiger charge is 2.22. The van der Waals surface area contributed by atoms with Crippen molar-refractivity contribution in [2.24, 2.45) is 5.41 Å². The van der Waals surface area contributed by atoms with Gasteiger partial charge in [0, 0.05) is 11.1 Å². The van der Waals surface area contributed by atoms with E-state index in [0.29, 0.717) is 12.1 Å². The summed E-state index contributed by atoms with van der Waals surface area (Å²) in [7, 11) is 0. The second-order valence-electron chi connectivity index (χ2n) is 7.28. The first-order chi connectivity index (χ1) is 13.3. The lowest BCUT2D eigenvalue weighted by molar-refractivity contribution is -0.126. The Balaban J connectivity index is 1.75. The number of nitrogens with one attached hydrogen (secondary N) is 2. The molecule has 7 nitrogen and oxygen atoms in total. The molecule has 1 heterocycles. The third kappa shape index (κ3) is 4.64. The molecule has 146 valence electrons. The average Bonchev–Trinajstić information content (AvgIpc) is 3.05. The Hall–Kier alpha value is -3.00. The summed E-state index contributed by atoms with van der Waals surface area (Å²) in [6.07, 6.45) is 0. The van der Waals surface area contributed by atoms with E-state index in [4.69, 9.17) is 17.0 Å². The Morgan fingerprint density at radius 1 is 1.11 bits per heavy atom. The second-order valence-corrected chi connectivity index (χ2v) is 7.69. The van der Waals surface area contributed by atoms with Gasteiger partial charge in [-0.3, -0.25) is 4.79 Å². The minimum Gasteiger partial charge on any atom is -0.494 e. The smallest absolute Gasteiger partial charge is 0.231 e. The summed E-state index contributed by atoms with van der Waals surface area (Å²) < 4.78 is 5.46. The molecule has 3 rings (SSSR count). The number of nitrogens with zero attached hydrogens (tertiary/aromatic N) is 3. The van der Waals surface area contributed by atoms with Gasteiger partial charge in [-0.25, -0.2) is 0 Å². The molecule has 1 aromatic heterocycles. The van der Waals surface area contributed by atoms with Crippen LogP contribution in [-0.2, 0) is 4.79 Å². The highest BCUT2D eigenvalue weighted by Crippen LogP contribution is 2.19. The van der Waals surface area contributed by atoms with Crippen LogP contribution in [0.1, 0.15) is 27.7 Å². The average molecular weight is 398 g/mol. The third-order valence-corrected chi connectivity index (χ3v) is 4.13. The molecule has 1 amide bonds. The van der Waals surface area contributed by atoms with Crippen LogP contribution in [0.4, 0.5) is 5.69 Å². The number of aromatic nitrogens is 3. The molecule has 0 aliphatic carbocycles. The Labute approximate surface area is 169 Å². The highest BCUT2D eigenvalue weighted by atomic mass is 32.1. The number of benzene rings is 2. The SMILES string of the molecule is CCOc1ccc(-n2nc3ccc(NC(=S)NC(=O)C(C)(C)C)cc3n2)cc1. The lowest BCUT2D eigenvalue weighted by Gasteiger charge is -2.18. The highest BCUT2D eigenvalue weighted by molar-refractivity contribution is 7.80. The summed E-state index contributed by atoms with van der Waals surface area (Å²) in [6, 6.07) is 13.1. The van der Waals surface area contributed by atoms with Gasteiger partial charge in [0.05, 0.1) is 12.3 Å². The lowest BCUT2D eigenvalue weighted by Crippen LogP contribution is -2.41. The number of rotatable bonds is 4. The number of ether oxygens (including phenoxy) is 1. The number of fused-ring (bicyclic) bond motifs is 1. The molecule has 0 aliphatic rings. The van der Waals surface area contributed by atoms with Crippen LogP contribution < -0.4 is 15.4 Å². The molecule has 0 bridgehead atoms. The van der Waals surface area contributed by atoms with Crippen molar-refractivity contribution in [3.05, 3.63) is 42.5 Å². The Morgan fingerprint density at radius 2 is 1.79 bits per heavy atom. The van der Waals surface area contributed by atoms with E-state index in [0.717, 1.165) is 22.6 Å². The van der Waals surface area contributed by atoms with Crippen molar-refractivity contribution < 1.29 is 9.53 Å². The van der Waals surface area contributed by atoms with Crippen LogP contribution >= 0.6 is 12.2 Å². The Kier molecular flexibility index (Phi) is 5.60. The minimum atomic E-state index is -0.518. The maximum absolute atomic E-state index is 12.0. The third-order valence-electron chi connectivity index (χ3n) is 3.93. The first-order valence-corrected chi connectivity index (χ1v) is 9.40. The van der Waals surface area contributed by atoms with E-state index in [1.807, 2.05) is 70.2 Å². The van der Waals surface area contributed by atoms with Crippen molar-refractivity contribution >= 4 is 40.0 Å². The van der Waals surface area contributed by atoms with Gasteiger partial charge in [0.25, 0.3) is 0 Å². The van der Waals surface area contributed by atoms with E-state index in [2.05, 4.69) is 20.8 Å². The maximum Gasteiger partial charge on any atom is 0.231 e. The van der Waals surface area contributed by atoms with Crippen LogP contribution in [0.5, 0.6) is 5.75 Å². The topological polar surface area (TPSA) is 81.1 Å². The molecular formula is C20H23N5O2S. The van der Waals surface area contributed by atoms with Gasteiger partial charge in [0.2, 0.25) is 5.91 Å². The van der Waals surface area contributed by atoms with Crippen LogP contribution in [-0.4, -0.2) is 32.6 Å². The predicted octanol–water partition coefficient (Wildman–Crippen LogP) is 3.68. The maximum atomic E-state index is 12.0. The molecule has 3 aromatic rings. The van der Waals surface area contributed by atoms with Crippen LogP contribution in [0.25, 0.3) is 16.7 Å². The van der Waals surface area contributed by atoms with Crippen LogP contribution in [0.2, 0.25) is 0 Å². The number of carbonyl (C=O) groups excluding carboxylic acids is 1. The summed E-state index contributed by atoms with van der Waals surface area (Å²) >= 11 is 5.22. The largest absolute Gasteiger partial charge is 0.494 e. The molecule has 2 aromatic carbocycles. The van der Waals surface area contributed by atoms with E-state index in [-0.39, 0.29) is 11.0 Å². The van der Waals surface area contributed by atoms with E-state index >= 15 is 0 Å². The monoisotopic (exact) mass is 397 g/mol. The minimum absolute atomic E-state index is 0.146. The van der Waals surface area contributed by atoms with E-state index < -0.39 is 5.41 Å². The van der Waals surface area contributed by atoms with Crippen molar-refractivity contribution in [1.82, 2.24) is 20.3 Å². The summed E-state index contributed by atoms with van der Waals surface area (Å²) in [5.41, 5.74) is 2.51. The van der Waals surface area contributed by atoms with Crippen molar-refractivity contribution in [2.45, 2.75) is 27.7 Å². The Morgan fingerprint density at radius 3 is 2.43 bits per heavy atom. The van der Waals surface area contributed by atoms with E-state index in [1.165, 1.54) is 0 Å². The molecule has 0 radical (unpaired) electrons. The van der Waals surface area contributed by atoms with Gasteiger partial charge in [-0.05, 0) is 61.6 Å². The van der Waals surface area contributed by atoms with Gasteiger partial charge in [-0.1, -0.05) is 20.8 Å². The molecule has 28 heavy (non-hydrogen) atoms. The Bertz CT molecular complexity index is 1010. The standard InChI is InChI=1S/C20H23N5O2S/c1-5-27-15-9-7-14(8-10-15)25-23-16-11-6-13(12-17(16)24-25)21-19(28)22-18(26)20(2,3)4/h6-12H,5H2,1-4H3,(H2,21,22,26,28). The van der Waals surface area contributed by atoms with Gasteiger partial charge in [0.15, 0.2) is 5.11 Å². The fourth-order valence-corrected chi connectivity index (χ4v) is 2.61. The number of carbonyl (C=O) groups is 1. The molecule has 2 N–H and O–H groups in total. The molecule has 0 saturated heterocycles. The van der Waals surface area contributed by atoms with Crippen molar-refractivity contribution in [3.63, 3.8) is 0 Å². The molecule has 0 fully saturated rings. The molecule has 0 atom stereocenters. The predicted molar refractivity (Wildman–Crippen MR) is 114 cm³/mol. The number of thiocarbonyl (C=S) groups is 1. The molecule has 8 heteroatoms. The molecule has 0 unspecified atom stereocenters. The summed E-state index contributed by atoms with van der Waals surface area (Å²) in [5, 5.41) is 15.0. The zero-order chi connectivity index (χ0) is 20.3. The van der Waals surface area contributed by atoms with E-state index in [1.54, 1.807) is 4.80 Å². The van der Waals surface area contributed by atoms with Gasteiger partial charge in [-0.15, -0.1) is 10.2 Å². The van der Waals surface area contributed by atoms with E-state index in [9.17, 15) is 4.79 Å². The van der Waals surface area contributed by atoms with Crippen LogP contribution in [0, 0.1) is 5.41 Å². The summed E-state index contributed by atoms with van der Waals surface area (Å²) in [4.78, 5) is 13.6. The quantitative estimate of drug-likeness (QED) is 0.654. The zero-order valence-corrected chi connectivity index (χ0v) is 17.1. The lowest BCUT2D eigenvalue weighted by atomic mass is 9.96. The first kappa shape index (κ1) is 19.8. The molecule has 0 saturated carbocycles. The zero-order valence-electron chi connectivity index (χ0n) is 16.3. The van der Waals surface area contributed by atoms with Gasteiger partial charge in [0.1, 0.15) is 16.8 Å². The molecule has 0 spiro atoms. The number of hydrogen-bond donors (Lipinski definition) is 2. The van der Waals surface area contributed by atoms with Crippen molar-refractivity contribution in [3.8, 4) is 11.4 Å². The summed E-state index contributed by atoms with van der Waals surface area (Å²) in [5.74, 6) is 0.660. The molecular weight excluding hydrogens is 374 g/mol. The van der Waals surface area contributed by atoms with Crippen LogP contribution in [0.3, 0.4) is 0 Å². The number of hydrogen-bond acceptors (Lipinski definition) is 5. The van der Waals surface area contributed by atoms with Crippen LogP contribution in [0.15, 0.2) is 42.5 Å². The number of amides is 1. The normalized spacial score (nSPS) is 11.3. The van der Waals surface area contributed by atoms with Crippen molar-refractivity contribution in [2.75, 3.05) is 11.9 Å². The fourth-order valence-electron chi connectivity index (χ4n) is 2.40. The summed E-state index contributed by atoms with van der Waals surface area (Å²) in [6.45, 7) is 8.06. The molecule has 0 aliphatic heterocycles. The second kappa shape index (κ2) is 7.93. The van der Waals surface area contributed by atoms with Gasteiger partial charge >= 0.3 is 0 Å². The van der Waals surface area contributed by atoms with Gasteiger partial charge < -0.3 is 15.4 Å². The van der Waals surface area contributed by atoms with Crippen molar-refractivity contribution in [1.29, 1.82) is 0 Å².